The Morgan fingerprint density at radius 3 is 2.80 bits per heavy atom. The lowest BCUT2D eigenvalue weighted by atomic mass is 10.0. The Balaban J connectivity index is 1.63. The number of fused-ring (bicyclic) bond motifs is 1. The molecule has 1 aliphatic rings. The molecule has 3 heterocycles. The van der Waals surface area contributed by atoms with Gasteiger partial charge in [-0.3, -0.25) is 25.2 Å². The van der Waals surface area contributed by atoms with Crippen LogP contribution in [0.1, 0.15) is 28.4 Å². The van der Waals surface area contributed by atoms with Crippen LogP contribution in [0.3, 0.4) is 0 Å². The maximum absolute atomic E-state index is 12.2. The van der Waals surface area contributed by atoms with Crippen molar-refractivity contribution in [3.05, 3.63) is 66.0 Å². The molecule has 8 heteroatoms. The van der Waals surface area contributed by atoms with E-state index in [1.807, 2.05) is 30.3 Å². The van der Waals surface area contributed by atoms with Crippen LogP contribution in [-0.2, 0) is 4.79 Å². The lowest BCUT2D eigenvalue weighted by Crippen LogP contribution is -2.29. The summed E-state index contributed by atoms with van der Waals surface area (Å²) >= 11 is 0. The first kappa shape index (κ1) is 15.0. The van der Waals surface area contributed by atoms with Crippen molar-refractivity contribution in [2.75, 3.05) is 10.6 Å². The van der Waals surface area contributed by atoms with Crippen molar-refractivity contribution in [1.29, 1.82) is 0 Å². The van der Waals surface area contributed by atoms with E-state index in [1.54, 1.807) is 23.0 Å². The molecule has 1 unspecified atom stereocenters. The molecular weight excluding hydrogens is 320 g/mol. The Kier molecular flexibility index (Phi) is 3.70. The zero-order valence-electron chi connectivity index (χ0n) is 13.1. The fourth-order valence-electron chi connectivity index (χ4n) is 2.72. The Labute approximate surface area is 142 Å². The third kappa shape index (κ3) is 2.97. The van der Waals surface area contributed by atoms with E-state index >= 15 is 0 Å². The maximum atomic E-state index is 12.2. The molecule has 0 aliphatic carbocycles. The molecule has 0 spiro atoms. The smallest absolute Gasteiger partial charge is 0.259 e. The molecule has 2 N–H and O–H groups in total. The second-order valence-corrected chi connectivity index (χ2v) is 5.58. The van der Waals surface area contributed by atoms with Crippen molar-refractivity contribution < 1.29 is 9.59 Å². The van der Waals surface area contributed by atoms with Gasteiger partial charge in [-0.05, 0) is 17.7 Å². The van der Waals surface area contributed by atoms with Crippen LogP contribution in [0, 0.1) is 0 Å². The first-order valence-corrected chi connectivity index (χ1v) is 7.73. The summed E-state index contributed by atoms with van der Waals surface area (Å²) in [4.78, 5) is 32.3. The number of pyridine rings is 1. The second-order valence-electron chi connectivity index (χ2n) is 5.58. The third-order valence-electron chi connectivity index (χ3n) is 3.89. The van der Waals surface area contributed by atoms with Gasteiger partial charge in [0, 0.05) is 12.4 Å². The molecule has 1 aromatic carbocycles. The average Bonchev–Trinajstić information content (AvgIpc) is 3.04. The molecule has 0 saturated heterocycles. The van der Waals surface area contributed by atoms with E-state index in [-0.39, 0.29) is 30.2 Å². The Morgan fingerprint density at radius 2 is 2.04 bits per heavy atom. The van der Waals surface area contributed by atoms with Gasteiger partial charge in [-0.25, -0.2) is 4.68 Å². The van der Waals surface area contributed by atoms with Crippen molar-refractivity contribution in [1.82, 2.24) is 19.7 Å². The first-order chi connectivity index (χ1) is 12.2. The molecule has 124 valence electrons. The SMILES string of the molecule is O=C1CC(c2ccccc2)n2nc(NC(=O)c3cccnc3)nc2N1. The van der Waals surface area contributed by atoms with Gasteiger partial charge in [-0.2, -0.15) is 4.98 Å². The molecule has 0 bridgehead atoms. The van der Waals surface area contributed by atoms with Crippen LogP contribution >= 0.6 is 0 Å². The van der Waals surface area contributed by atoms with Crippen LogP contribution in [-0.4, -0.2) is 31.6 Å². The minimum Gasteiger partial charge on any atom is -0.295 e. The lowest BCUT2D eigenvalue weighted by molar-refractivity contribution is -0.117. The van der Waals surface area contributed by atoms with Crippen LogP contribution in [0.2, 0.25) is 0 Å². The van der Waals surface area contributed by atoms with E-state index in [1.165, 1.54) is 6.20 Å². The lowest BCUT2D eigenvalue weighted by Gasteiger charge is -2.23. The first-order valence-electron chi connectivity index (χ1n) is 7.73. The summed E-state index contributed by atoms with van der Waals surface area (Å²) < 4.78 is 1.62. The number of amides is 2. The number of carbonyl (C=O) groups is 2. The highest BCUT2D eigenvalue weighted by Crippen LogP contribution is 2.29. The Hall–Kier alpha value is -3.55. The summed E-state index contributed by atoms with van der Waals surface area (Å²) in [6.07, 6.45) is 3.31. The number of benzene rings is 1. The fraction of sp³-hybridized carbons (Fsp3) is 0.118. The molecular formula is C17H14N6O2. The summed E-state index contributed by atoms with van der Waals surface area (Å²) in [6, 6.07) is 12.6. The molecule has 8 nitrogen and oxygen atoms in total. The van der Waals surface area contributed by atoms with E-state index in [0.717, 1.165) is 5.56 Å². The highest BCUT2D eigenvalue weighted by atomic mass is 16.2. The minimum absolute atomic E-state index is 0.131. The number of hydrogen-bond donors (Lipinski definition) is 2. The normalized spacial score (nSPS) is 16.0. The van der Waals surface area contributed by atoms with Gasteiger partial charge >= 0.3 is 0 Å². The molecule has 0 fully saturated rings. The number of aromatic nitrogens is 4. The number of carbonyl (C=O) groups excluding carboxylic acids is 2. The molecule has 0 radical (unpaired) electrons. The van der Waals surface area contributed by atoms with Gasteiger partial charge in [0.25, 0.3) is 11.9 Å². The van der Waals surface area contributed by atoms with Crippen LogP contribution in [0.4, 0.5) is 11.9 Å². The van der Waals surface area contributed by atoms with E-state index in [4.69, 9.17) is 0 Å². The van der Waals surface area contributed by atoms with E-state index in [2.05, 4.69) is 25.7 Å². The zero-order chi connectivity index (χ0) is 17.2. The number of nitrogens with zero attached hydrogens (tertiary/aromatic N) is 4. The molecule has 3 aromatic rings. The maximum Gasteiger partial charge on any atom is 0.259 e. The summed E-state index contributed by atoms with van der Waals surface area (Å²) in [5, 5.41) is 9.66. The fourth-order valence-corrected chi connectivity index (χ4v) is 2.72. The molecule has 4 rings (SSSR count). The van der Waals surface area contributed by atoms with Crippen LogP contribution in [0.15, 0.2) is 54.9 Å². The largest absolute Gasteiger partial charge is 0.295 e. The molecule has 1 aliphatic heterocycles. The van der Waals surface area contributed by atoms with Crippen LogP contribution in [0.25, 0.3) is 0 Å². The zero-order valence-corrected chi connectivity index (χ0v) is 13.1. The van der Waals surface area contributed by atoms with Crippen molar-refractivity contribution in [3.8, 4) is 0 Å². The number of rotatable bonds is 3. The molecule has 25 heavy (non-hydrogen) atoms. The van der Waals surface area contributed by atoms with E-state index in [9.17, 15) is 9.59 Å². The quantitative estimate of drug-likeness (QED) is 0.761. The van der Waals surface area contributed by atoms with Gasteiger partial charge in [-0.15, -0.1) is 5.10 Å². The summed E-state index contributed by atoms with van der Waals surface area (Å²) in [5.74, 6) is -0.0592. The number of nitrogens with one attached hydrogen (secondary N) is 2. The molecule has 2 aromatic heterocycles. The summed E-state index contributed by atoms with van der Waals surface area (Å²) in [7, 11) is 0. The molecule has 2 amide bonds. The van der Waals surface area contributed by atoms with Crippen molar-refractivity contribution in [2.24, 2.45) is 0 Å². The van der Waals surface area contributed by atoms with E-state index in [0.29, 0.717) is 11.5 Å². The van der Waals surface area contributed by atoms with Gasteiger partial charge < -0.3 is 0 Å². The van der Waals surface area contributed by atoms with Crippen molar-refractivity contribution in [2.45, 2.75) is 12.5 Å². The standard InChI is InChI=1S/C17H14N6O2/c24-14-9-13(11-5-2-1-3-6-11)23-17(19-14)21-16(22-23)20-15(25)12-7-4-8-18-10-12/h1-8,10,13H,9H2,(H2,19,20,21,22,24,25). The Morgan fingerprint density at radius 1 is 1.20 bits per heavy atom. The predicted molar refractivity (Wildman–Crippen MR) is 90.0 cm³/mol. The van der Waals surface area contributed by atoms with Crippen molar-refractivity contribution in [3.63, 3.8) is 0 Å². The van der Waals surface area contributed by atoms with Crippen molar-refractivity contribution >= 4 is 23.7 Å². The van der Waals surface area contributed by atoms with Gasteiger partial charge in [-0.1, -0.05) is 30.3 Å². The molecule has 0 saturated carbocycles. The van der Waals surface area contributed by atoms with E-state index < -0.39 is 0 Å². The van der Waals surface area contributed by atoms with Crippen LogP contribution < -0.4 is 10.6 Å². The summed E-state index contributed by atoms with van der Waals surface area (Å²) in [6.45, 7) is 0. The van der Waals surface area contributed by atoms with Gasteiger partial charge in [0.15, 0.2) is 0 Å². The molecule has 1 atom stereocenters. The predicted octanol–water partition coefficient (Wildman–Crippen LogP) is 1.86. The van der Waals surface area contributed by atoms with Crippen LogP contribution in [0.5, 0.6) is 0 Å². The highest BCUT2D eigenvalue weighted by Gasteiger charge is 2.29. The topological polar surface area (TPSA) is 102 Å². The van der Waals surface area contributed by atoms with Gasteiger partial charge in [0.2, 0.25) is 11.9 Å². The highest BCUT2D eigenvalue weighted by molar-refractivity contribution is 6.03. The number of anilines is 2. The van der Waals surface area contributed by atoms with Gasteiger partial charge in [0.1, 0.15) is 0 Å². The second kappa shape index (κ2) is 6.16. The average molecular weight is 334 g/mol. The minimum atomic E-state index is -0.362. The third-order valence-corrected chi connectivity index (χ3v) is 3.89. The monoisotopic (exact) mass is 334 g/mol. The Bertz CT molecular complexity index is 923. The van der Waals surface area contributed by atoms with Gasteiger partial charge in [0.05, 0.1) is 18.0 Å². The summed E-state index contributed by atoms with van der Waals surface area (Å²) in [5.41, 5.74) is 1.35. The number of hydrogen-bond acceptors (Lipinski definition) is 5.